The van der Waals surface area contributed by atoms with Crippen molar-refractivity contribution in [3.05, 3.63) is 59.7 Å². The van der Waals surface area contributed by atoms with Crippen LogP contribution in [0.5, 0.6) is 0 Å². The van der Waals surface area contributed by atoms with Crippen LogP contribution in [0.25, 0.3) is 0 Å². The molecule has 0 spiro atoms. The van der Waals surface area contributed by atoms with Crippen molar-refractivity contribution in [1.29, 1.82) is 0 Å². The van der Waals surface area contributed by atoms with Gasteiger partial charge in [0.15, 0.2) is 0 Å². The Labute approximate surface area is 134 Å². The van der Waals surface area contributed by atoms with Gasteiger partial charge in [0, 0.05) is 35.6 Å². The monoisotopic (exact) mass is 305 g/mol. The lowest BCUT2D eigenvalue weighted by Gasteiger charge is -2.14. The minimum absolute atomic E-state index is 0.117. The smallest absolute Gasteiger partial charge is 0.321 e. The molecule has 0 radical (unpaired) electrons. The van der Waals surface area contributed by atoms with Gasteiger partial charge in [-0.1, -0.05) is 12.0 Å². The summed E-state index contributed by atoms with van der Waals surface area (Å²) in [7, 11) is 0. The third-order valence-electron chi connectivity index (χ3n) is 3.59. The van der Waals surface area contributed by atoms with Crippen LogP contribution in [0.2, 0.25) is 0 Å². The van der Waals surface area contributed by atoms with Gasteiger partial charge in [0.05, 0.1) is 0 Å². The Morgan fingerprint density at radius 2 is 2.00 bits per heavy atom. The number of urea groups is 1. The first-order chi connectivity index (χ1) is 11.2. The lowest BCUT2D eigenvalue weighted by atomic mass is 10.1. The molecule has 5 nitrogen and oxygen atoms in total. The Kier molecular flexibility index (Phi) is 3.98. The molecule has 2 N–H and O–H groups in total. The lowest BCUT2D eigenvalue weighted by molar-refractivity contribution is 0.102. The summed E-state index contributed by atoms with van der Waals surface area (Å²) in [6.07, 6.45) is 5.35. The van der Waals surface area contributed by atoms with Crippen LogP contribution < -0.4 is 15.5 Å². The molecule has 1 fully saturated rings. The molecule has 2 aromatic rings. The van der Waals surface area contributed by atoms with Gasteiger partial charge in [-0.3, -0.25) is 9.69 Å². The number of hydrogen-bond acceptors (Lipinski definition) is 2. The summed E-state index contributed by atoms with van der Waals surface area (Å²) in [6, 6.07) is 13.9. The Hall–Kier alpha value is -3.26. The van der Waals surface area contributed by atoms with E-state index >= 15 is 0 Å². The molecule has 0 atom stereocenters. The number of rotatable bonds is 3. The van der Waals surface area contributed by atoms with Gasteiger partial charge in [-0.15, -0.1) is 6.42 Å². The minimum atomic E-state index is -0.225. The van der Waals surface area contributed by atoms with Crippen LogP contribution in [-0.4, -0.2) is 25.0 Å². The van der Waals surface area contributed by atoms with E-state index in [-0.39, 0.29) is 11.9 Å². The first-order valence-corrected chi connectivity index (χ1v) is 7.21. The van der Waals surface area contributed by atoms with Crippen molar-refractivity contribution in [2.45, 2.75) is 0 Å². The molecule has 0 saturated carbocycles. The summed E-state index contributed by atoms with van der Waals surface area (Å²) < 4.78 is 0. The Morgan fingerprint density at radius 1 is 1.22 bits per heavy atom. The number of amides is 3. The average Bonchev–Trinajstić information content (AvgIpc) is 3.01. The fraction of sp³-hybridized carbons (Fsp3) is 0.111. The molecule has 1 aliphatic heterocycles. The number of benzene rings is 2. The van der Waals surface area contributed by atoms with Gasteiger partial charge >= 0.3 is 6.03 Å². The molecule has 1 heterocycles. The molecule has 0 aliphatic carbocycles. The number of carbonyl (C=O) groups is 2. The van der Waals surface area contributed by atoms with Gasteiger partial charge in [-0.25, -0.2) is 4.79 Å². The quantitative estimate of drug-likeness (QED) is 0.856. The fourth-order valence-electron chi connectivity index (χ4n) is 2.40. The Bertz CT molecular complexity index is 791. The molecule has 0 bridgehead atoms. The van der Waals surface area contributed by atoms with Crippen molar-refractivity contribution in [3.63, 3.8) is 0 Å². The van der Waals surface area contributed by atoms with Gasteiger partial charge in [0.2, 0.25) is 0 Å². The van der Waals surface area contributed by atoms with E-state index in [0.717, 1.165) is 5.69 Å². The Morgan fingerprint density at radius 3 is 2.65 bits per heavy atom. The number of terminal acetylenes is 1. The van der Waals surface area contributed by atoms with Gasteiger partial charge in [-0.2, -0.15) is 0 Å². The van der Waals surface area contributed by atoms with Crippen molar-refractivity contribution < 1.29 is 9.59 Å². The molecule has 0 unspecified atom stereocenters. The molecule has 2 aromatic carbocycles. The second-order valence-corrected chi connectivity index (χ2v) is 5.11. The number of carbonyl (C=O) groups excluding carboxylic acids is 2. The van der Waals surface area contributed by atoms with Crippen LogP contribution in [0.15, 0.2) is 48.5 Å². The highest BCUT2D eigenvalue weighted by molar-refractivity contribution is 6.04. The van der Waals surface area contributed by atoms with Gasteiger partial charge in [-0.05, 0) is 42.5 Å². The maximum Gasteiger partial charge on any atom is 0.321 e. The van der Waals surface area contributed by atoms with Crippen molar-refractivity contribution in [2.75, 3.05) is 23.3 Å². The van der Waals surface area contributed by atoms with E-state index in [1.807, 2.05) is 0 Å². The number of anilines is 2. The van der Waals surface area contributed by atoms with Crippen molar-refractivity contribution in [2.24, 2.45) is 0 Å². The third-order valence-corrected chi connectivity index (χ3v) is 3.59. The van der Waals surface area contributed by atoms with Crippen LogP contribution in [0.4, 0.5) is 16.2 Å². The summed E-state index contributed by atoms with van der Waals surface area (Å²) in [5.74, 6) is 2.30. The molecular weight excluding hydrogens is 290 g/mol. The fourth-order valence-corrected chi connectivity index (χ4v) is 2.40. The predicted molar refractivity (Wildman–Crippen MR) is 89.5 cm³/mol. The lowest BCUT2D eigenvalue weighted by Crippen LogP contribution is -2.27. The maximum atomic E-state index is 12.3. The topological polar surface area (TPSA) is 61.4 Å². The van der Waals surface area contributed by atoms with E-state index in [2.05, 4.69) is 16.6 Å². The third kappa shape index (κ3) is 3.16. The van der Waals surface area contributed by atoms with E-state index in [1.54, 1.807) is 53.4 Å². The first-order valence-electron chi connectivity index (χ1n) is 7.21. The average molecular weight is 305 g/mol. The van der Waals surface area contributed by atoms with Gasteiger partial charge in [0.25, 0.3) is 5.91 Å². The Balaban J connectivity index is 1.72. The minimum Gasteiger partial charge on any atom is -0.336 e. The summed E-state index contributed by atoms with van der Waals surface area (Å²) in [5.41, 5.74) is 2.64. The second kappa shape index (κ2) is 6.24. The SMILES string of the molecule is C#Cc1cccc(NC(=O)c2ccc(N3CCNC3=O)cc2)c1. The summed E-state index contributed by atoms with van der Waals surface area (Å²) in [5, 5.41) is 5.54. The zero-order chi connectivity index (χ0) is 16.2. The first kappa shape index (κ1) is 14.7. The van der Waals surface area contributed by atoms with E-state index in [0.29, 0.717) is 29.9 Å². The zero-order valence-corrected chi connectivity index (χ0v) is 12.4. The van der Waals surface area contributed by atoms with Crippen LogP contribution in [0, 0.1) is 12.3 Å². The standard InChI is InChI=1S/C18H15N3O2/c1-2-13-4-3-5-15(12-13)20-17(22)14-6-8-16(9-7-14)21-11-10-19-18(21)23/h1,3-9,12H,10-11H2,(H,19,23)(H,20,22). The van der Waals surface area contributed by atoms with Crippen molar-refractivity contribution in [3.8, 4) is 12.3 Å². The highest BCUT2D eigenvalue weighted by atomic mass is 16.2. The highest BCUT2D eigenvalue weighted by Crippen LogP contribution is 2.18. The molecule has 0 aromatic heterocycles. The van der Waals surface area contributed by atoms with Gasteiger partial charge < -0.3 is 10.6 Å². The number of nitrogens with one attached hydrogen (secondary N) is 2. The van der Waals surface area contributed by atoms with Crippen LogP contribution in [0.1, 0.15) is 15.9 Å². The largest absolute Gasteiger partial charge is 0.336 e. The molecule has 23 heavy (non-hydrogen) atoms. The van der Waals surface area contributed by atoms with E-state index in [4.69, 9.17) is 6.42 Å². The molecule has 3 rings (SSSR count). The maximum absolute atomic E-state index is 12.3. The normalized spacial score (nSPS) is 13.3. The van der Waals surface area contributed by atoms with E-state index < -0.39 is 0 Å². The molecule has 5 heteroatoms. The van der Waals surface area contributed by atoms with Gasteiger partial charge in [0.1, 0.15) is 0 Å². The zero-order valence-electron chi connectivity index (χ0n) is 12.4. The second-order valence-electron chi connectivity index (χ2n) is 5.11. The van der Waals surface area contributed by atoms with E-state index in [1.165, 1.54) is 0 Å². The number of nitrogens with zero attached hydrogens (tertiary/aromatic N) is 1. The highest BCUT2D eigenvalue weighted by Gasteiger charge is 2.21. The van der Waals surface area contributed by atoms with Crippen LogP contribution in [0.3, 0.4) is 0 Å². The molecule has 1 saturated heterocycles. The van der Waals surface area contributed by atoms with E-state index in [9.17, 15) is 9.59 Å². The molecule has 114 valence electrons. The predicted octanol–water partition coefficient (Wildman–Crippen LogP) is 2.45. The summed E-state index contributed by atoms with van der Waals surface area (Å²) >= 11 is 0. The summed E-state index contributed by atoms with van der Waals surface area (Å²) in [6.45, 7) is 1.26. The van der Waals surface area contributed by atoms with Crippen LogP contribution >= 0.6 is 0 Å². The molecular formula is C18H15N3O2. The van der Waals surface area contributed by atoms with Crippen molar-refractivity contribution >= 4 is 23.3 Å². The number of hydrogen-bond donors (Lipinski definition) is 2. The summed E-state index contributed by atoms with van der Waals surface area (Å²) in [4.78, 5) is 25.5. The molecule has 1 aliphatic rings. The van der Waals surface area contributed by atoms with Crippen molar-refractivity contribution in [1.82, 2.24) is 5.32 Å². The molecule has 3 amide bonds. The van der Waals surface area contributed by atoms with Crippen LogP contribution in [-0.2, 0) is 0 Å².